The second kappa shape index (κ2) is 7.53. The summed E-state index contributed by atoms with van der Waals surface area (Å²) in [7, 11) is 0. The maximum atomic E-state index is 13.9. The number of carbonyl (C=O) groups excluding carboxylic acids is 1. The van der Waals surface area contributed by atoms with Crippen molar-refractivity contribution in [2.45, 2.75) is 6.92 Å². The summed E-state index contributed by atoms with van der Waals surface area (Å²) in [6.45, 7) is 6.88. The summed E-state index contributed by atoms with van der Waals surface area (Å²) in [4.78, 5) is 17.1. The van der Waals surface area contributed by atoms with E-state index in [9.17, 15) is 9.18 Å². The lowest BCUT2D eigenvalue weighted by atomic mass is 10.1. The third-order valence-electron chi connectivity index (χ3n) is 4.55. The third kappa shape index (κ3) is 3.91. The number of halogens is 1. The van der Waals surface area contributed by atoms with Crippen molar-refractivity contribution in [1.82, 2.24) is 4.90 Å². The molecule has 0 aliphatic carbocycles. The number of nitrogen functional groups attached to an aromatic ring is 1. The smallest absolute Gasteiger partial charge is 0.258 e. The number of rotatable bonds is 4. The van der Waals surface area contributed by atoms with Gasteiger partial charge < -0.3 is 20.9 Å². The molecule has 2 aromatic rings. The molecule has 1 fully saturated rings. The molecule has 1 aliphatic rings. The number of likely N-dealkylation sites (N-methyl/N-ethyl adjacent to an activating group) is 1. The molecule has 1 amide bonds. The first-order valence-electron chi connectivity index (χ1n) is 8.51. The van der Waals surface area contributed by atoms with Gasteiger partial charge in [0.05, 0.1) is 16.9 Å². The van der Waals surface area contributed by atoms with Crippen molar-refractivity contribution < 1.29 is 9.18 Å². The van der Waals surface area contributed by atoms with Gasteiger partial charge in [0, 0.05) is 31.9 Å². The van der Waals surface area contributed by atoms with Crippen LogP contribution in [0.1, 0.15) is 17.3 Å². The number of piperazine rings is 1. The molecule has 0 unspecified atom stereocenters. The van der Waals surface area contributed by atoms with E-state index in [4.69, 9.17) is 5.73 Å². The van der Waals surface area contributed by atoms with E-state index in [0.717, 1.165) is 38.4 Å². The zero-order valence-corrected chi connectivity index (χ0v) is 14.3. The number of nitrogens with one attached hydrogen (secondary N) is 1. The Kier molecular flexibility index (Phi) is 5.19. The molecule has 1 heterocycles. The molecular weight excluding hydrogens is 319 g/mol. The zero-order valence-electron chi connectivity index (χ0n) is 14.3. The van der Waals surface area contributed by atoms with Crippen LogP contribution in [-0.4, -0.2) is 43.5 Å². The highest BCUT2D eigenvalue weighted by Gasteiger charge is 2.20. The molecule has 0 spiro atoms. The van der Waals surface area contributed by atoms with Gasteiger partial charge in [-0.1, -0.05) is 19.1 Å². The zero-order chi connectivity index (χ0) is 17.8. The Bertz CT molecular complexity index is 757. The van der Waals surface area contributed by atoms with Gasteiger partial charge in [0.15, 0.2) is 0 Å². The first kappa shape index (κ1) is 17.2. The molecule has 1 saturated heterocycles. The minimum atomic E-state index is -0.540. The molecule has 0 aromatic heterocycles. The van der Waals surface area contributed by atoms with Gasteiger partial charge in [-0.25, -0.2) is 4.39 Å². The second-order valence-electron chi connectivity index (χ2n) is 6.13. The first-order valence-corrected chi connectivity index (χ1v) is 8.51. The van der Waals surface area contributed by atoms with E-state index >= 15 is 0 Å². The van der Waals surface area contributed by atoms with Crippen LogP contribution in [0.3, 0.4) is 0 Å². The predicted molar refractivity (Wildman–Crippen MR) is 99.5 cm³/mol. The van der Waals surface area contributed by atoms with Crippen molar-refractivity contribution in [1.29, 1.82) is 0 Å². The van der Waals surface area contributed by atoms with Crippen LogP contribution in [0, 0.1) is 5.82 Å². The van der Waals surface area contributed by atoms with E-state index < -0.39 is 11.7 Å². The Morgan fingerprint density at radius 3 is 2.56 bits per heavy atom. The van der Waals surface area contributed by atoms with Crippen molar-refractivity contribution in [3.05, 3.63) is 53.8 Å². The second-order valence-corrected chi connectivity index (χ2v) is 6.13. The van der Waals surface area contributed by atoms with Gasteiger partial charge in [0.2, 0.25) is 0 Å². The van der Waals surface area contributed by atoms with Gasteiger partial charge in [-0.15, -0.1) is 0 Å². The Balaban J connectivity index is 1.83. The van der Waals surface area contributed by atoms with Gasteiger partial charge in [-0.05, 0) is 36.9 Å². The van der Waals surface area contributed by atoms with E-state index in [2.05, 4.69) is 22.0 Å². The summed E-state index contributed by atoms with van der Waals surface area (Å²) < 4.78 is 13.9. The molecule has 0 bridgehead atoms. The van der Waals surface area contributed by atoms with Crippen LogP contribution in [0.15, 0.2) is 42.5 Å². The Labute approximate surface area is 147 Å². The molecule has 0 radical (unpaired) electrons. The van der Waals surface area contributed by atoms with E-state index in [1.54, 1.807) is 18.2 Å². The standard InChI is InChI=1S/C19H23FN4O/c1-2-23-9-11-24(12-10-23)18-8-7-14(21)13-17(18)22-19(25)15-5-3-4-6-16(15)20/h3-8,13H,2,9-12,21H2,1H3,(H,22,25). The summed E-state index contributed by atoms with van der Waals surface area (Å²) in [5.74, 6) is -1.01. The third-order valence-corrected chi connectivity index (χ3v) is 4.55. The van der Waals surface area contributed by atoms with Gasteiger partial charge in [0.1, 0.15) is 5.82 Å². The topological polar surface area (TPSA) is 61.6 Å². The number of nitrogens with two attached hydrogens (primary N) is 1. The summed E-state index contributed by atoms with van der Waals surface area (Å²) in [5, 5.41) is 2.82. The van der Waals surface area contributed by atoms with Crippen LogP contribution in [0.4, 0.5) is 21.5 Å². The van der Waals surface area contributed by atoms with Crippen LogP contribution >= 0.6 is 0 Å². The van der Waals surface area contributed by atoms with Crippen molar-refractivity contribution in [2.24, 2.45) is 0 Å². The molecule has 0 atom stereocenters. The molecule has 0 saturated carbocycles. The largest absolute Gasteiger partial charge is 0.399 e. The van der Waals surface area contributed by atoms with Crippen molar-refractivity contribution in [2.75, 3.05) is 48.7 Å². The van der Waals surface area contributed by atoms with Gasteiger partial charge in [-0.2, -0.15) is 0 Å². The van der Waals surface area contributed by atoms with Crippen LogP contribution in [-0.2, 0) is 0 Å². The lowest BCUT2D eigenvalue weighted by Crippen LogP contribution is -2.46. The Morgan fingerprint density at radius 2 is 1.88 bits per heavy atom. The summed E-state index contributed by atoms with van der Waals surface area (Å²) in [6, 6.07) is 11.4. The number of hydrogen-bond donors (Lipinski definition) is 2. The highest BCUT2D eigenvalue weighted by Crippen LogP contribution is 2.29. The number of anilines is 3. The summed E-state index contributed by atoms with van der Waals surface area (Å²) >= 11 is 0. The quantitative estimate of drug-likeness (QED) is 0.839. The normalized spacial score (nSPS) is 15.2. The maximum absolute atomic E-state index is 13.9. The van der Waals surface area contributed by atoms with Crippen molar-refractivity contribution in [3.8, 4) is 0 Å². The van der Waals surface area contributed by atoms with Crippen LogP contribution in [0.2, 0.25) is 0 Å². The van der Waals surface area contributed by atoms with Gasteiger partial charge >= 0.3 is 0 Å². The molecule has 5 nitrogen and oxygen atoms in total. The van der Waals surface area contributed by atoms with Crippen molar-refractivity contribution >= 4 is 23.0 Å². The number of hydrogen-bond acceptors (Lipinski definition) is 4. The molecule has 3 N–H and O–H groups in total. The first-order chi connectivity index (χ1) is 12.1. The number of amides is 1. The van der Waals surface area contributed by atoms with E-state index in [1.165, 1.54) is 12.1 Å². The highest BCUT2D eigenvalue weighted by atomic mass is 19.1. The van der Waals surface area contributed by atoms with Crippen molar-refractivity contribution in [3.63, 3.8) is 0 Å². The minimum Gasteiger partial charge on any atom is -0.399 e. The molecule has 1 aliphatic heterocycles. The number of benzene rings is 2. The molecule has 2 aromatic carbocycles. The monoisotopic (exact) mass is 342 g/mol. The fraction of sp³-hybridized carbons (Fsp3) is 0.316. The highest BCUT2D eigenvalue weighted by molar-refractivity contribution is 6.06. The molecule has 25 heavy (non-hydrogen) atoms. The Hall–Kier alpha value is -2.60. The molecular formula is C19H23FN4O. The summed E-state index contributed by atoms with van der Waals surface area (Å²) in [5.41, 5.74) is 7.99. The van der Waals surface area contributed by atoms with Crippen LogP contribution < -0.4 is 16.0 Å². The predicted octanol–water partition coefficient (Wildman–Crippen LogP) is 2.80. The van der Waals surface area contributed by atoms with Gasteiger partial charge in [0.25, 0.3) is 5.91 Å². The summed E-state index contributed by atoms with van der Waals surface area (Å²) in [6.07, 6.45) is 0. The molecule has 132 valence electrons. The average Bonchev–Trinajstić information content (AvgIpc) is 2.62. The lowest BCUT2D eigenvalue weighted by Gasteiger charge is -2.36. The average molecular weight is 342 g/mol. The van der Waals surface area contributed by atoms with Gasteiger partial charge in [-0.3, -0.25) is 4.79 Å². The van der Waals surface area contributed by atoms with E-state index in [0.29, 0.717) is 11.4 Å². The minimum absolute atomic E-state index is 0.0201. The number of nitrogens with zero attached hydrogens (tertiary/aromatic N) is 2. The fourth-order valence-corrected chi connectivity index (χ4v) is 3.07. The number of carbonyl (C=O) groups is 1. The van der Waals surface area contributed by atoms with E-state index in [1.807, 2.05) is 12.1 Å². The van der Waals surface area contributed by atoms with E-state index in [-0.39, 0.29) is 5.56 Å². The van der Waals surface area contributed by atoms with Crippen LogP contribution in [0.25, 0.3) is 0 Å². The fourth-order valence-electron chi connectivity index (χ4n) is 3.07. The maximum Gasteiger partial charge on any atom is 0.258 e. The SMILES string of the molecule is CCN1CCN(c2ccc(N)cc2NC(=O)c2ccccc2F)CC1. The molecule has 6 heteroatoms. The van der Waals surface area contributed by atoms with Crippen LogP contribution in [0.5, 0.6) is 0 Å². The lowest BCUT2D eigenvalue weighted by molar-refractivity contribution is 0.102. The Morgan fingerprint density at radius 1 is 1.16 bits per heavy atom. The molecule has 3 rings (SSSR count).